The third-order valence-electron chi connectivity index (χ3n) is 5.08. The molecule has 1 aliphatic rings. The van der Waals surface area contributed by atoms with Crippen molar-refractivity contribution in [3.8, 4) is 5.75 Å². The van der Waals surface area contributed by atoms with E-state index in [-0.39, 0.29) is 37.1 Å². The molecule has 2 N–H and O–H groups in total. The number of aliphatic hydroxyl groups excluding tert-OH is 1. The third kappa shape index (κ3) is 5.83. The molecule has 154 valence electrons. The van der Waals surface area contributed by atoms with E-state index in [1.807, 2.05) is 44.2 Å². The molecular weight excluding hydrogens is 356 g/mol. The Morgan fingerprint density at radius 1 is 1.32 bits per heavy atom. The average molecular weight is 389 g/mol. The Hall–Kier alpha value is -2.34. The first-order valence-corrected chi connectivity index (χ1v) is 10.1. The maximum Gasteiger partial charge on any atom is 0.246 e. The predicted molar refractivity (Wildman–Crippen MR) is 109 cm³/mol. The monoisotopic (exact) mass is 388 g/mol. The standard InChI is InChI=1S/C22H32N2O4/c1-4-5-10-21(26)24(11-12-25)18-13-17(22(27)23-3)14-19(15-18)28-20-9-7-6-8-16(20)2/h6-9,14,18-19,25H,4-5,10-13,15H2,1-3H3,(H,23,27). The van der Waals surface area contributed by atoms with Crippen molar-refractivity contribution in [1.29, 1.82) is 0 Å². The lowest BCUT2D eigenvalue weighted by Gasteiger charge is -2.37. The average Bonchev–Trinajstić information content (AvgIpc) is 2.71. The van der Waals surface area contributed by atoms with Gasteiger partial charge in [0.05, 0.1) is 6.61 Å². The molecule has 1 aromatic carbocycles. The summed E-state index contributed by atoms with van der Waals surface area (Å²) in [7, 11) is 1.60. The maximum absolute atomic E-state index is 12.7. The minimum atomic E-state index is -0.313. The van der Waals surface area contributed by atoms with Crippen LogP contribution < -0.4 is 10.1 Å². The van der Waals surface area contributed by atoms with Gasteiger partial charge >= 0.3 is 0 Å². The van der Waals surface area contributed by atoms with Crippen LogP contribution in [0.15, 0.2) is 35.9 Å². The lowest BCUT2D eigenvalue weighted by molar-refractivity contribution is -0.135. The topological polar surface area (TPSA) is 78.9 Å². The fourth-order valence-electron chi connectivity index (χ4n) is 3.56. The number of likely N-dealkylation sites (N-methyl/N-ethyl adjacent to an activating group) is 1. The van der Waals surface area contributed by atoms with E-state index in [0.717, 1.165) is 24.2 Å². The number of aryl methyl sites for hydroxylation is 1. The molecule has 2 amide bonds. The summed E-state index contributed by atoms with van der Waals surface area (Å²) in [5.41, 5.74) is 1.63. The van der Waals surface area contributed by atoms with Gasteiger partial charge in [-0.15, -0.1) is 0 Å². The second-order valence-electron chi connectivity index (χ2n) is 7.20. The van der Waals surface area contributed by atoms with E-state index in [2.05, 4.69) is 5.32 Å². The van der Waals surface area contributed by atoms with Gasteiger partial charge in [-0.3, -0.25) is 9.59 Å². The first-order valence-electron chi connectivity index (χ1n) is 10.1. The summed E-state index contributed by atoms with van der Waals surface area (Å²) >= 11 is 0. The van der Waals surface area contributed by atoms with Crippen molar-refractivity contribution >= 4 is 11.8 Å². The van der Waals surface area contributed by atoms with Crippen molar-refractivity contribution < 1.29 is 19.4 Å². The zero-order valence-corrected chi connectivity index (χ0v) is 17.1. The molecule has 2 atom stereocenters. The van der Waals surface area contributed by atoms with Crippen molar-refractivity contribution in [2.45, 2.75) is 58.1 Å². The van der Waals surface area contributed by atoms with Gasteiger partial charge in [0, 0.05) is 38.0 Å². The summed E-state index contributed by atoms with van der Waals surface area (Å²) in [5, 5.41) is 12.2. The van der Waals surface area contributed by atoms with E-state index in [1.165, 1.54) is 0 Å². The molecule has 0 fully saturated rings. The van der Waals surface area contributed by atoms with E-state index < -0.39 is 0 Å². The molecule has 0 radical (unpaired) electrons. The summed E-state index contributed by atoms with van der Waals surface area (Å²) in [4.78, 5) is 26.7. The van der Waals surface area contributed by atoms with Crippen LogP contribution in [0, 0.1) is 6.92 Å². The molecule has 28 heavy (non-hydrogen) atoms. The lowest BCUT2D eigenvalue weighted by atomic mass is 9.90. The number of ether oxygens (including phenoxy) is 1. The Morgan fingerprint density at radius 2 is 2.07 bits per heavy atom. The Kier molecular flexibility index (Phi) is 8.51. The number of amides is 2. The van der Waals surface area contributed by atoms with Gasteiger partial charge in [0.15, 0.2) is 0 Å². The van der Waals surface area contributed by atoms with Gasteiger partial charge in [0.1, 0.15) is 11.9 Å². The number of nitrogens with one attached hydrogen (secondary N) is 1. The number of benzene rings is 1. The van der Waals surface area contributed by atoms with E-state index in [4.69, 9.17) is 4.74 Å². The maximum atomic E-state index is 12.7. The number of rotatable bonds is 9. The first kappa shape index (κ1) is 22.0. The molecule has 1 aliphatic carbocycles. The number of hydrogen-bond acceptors (Lipinski definition) is 4. The van der Waals surface area contributed by atoms with Gasteiger partial charge in [0.2, 0.25) is 11.8 Å². The molecule has 6 nitrogen and oxygen atoms in total. The van der Waals surface area contributed by atoms with Crippen molar-refractivity contribution in [2.24, 2.45) is 0 Å². The van der Waals surface area contributed by atoms with Gasteiger partial charge in [-0.25, -0.2) is 0 Å². The normalized spacial score (nSPS) is 18.9. The zero-order chi connectivity index (χ0) is 20.5. The molecule has 0 spiro atoms. The van der Waals surface area contributed by atoms with Crippen LogP contribution in [-0.4, -0.2) is 54.2 Å². The number of nitrogens with zero attached hydrogens (tertiary/aromatic N) is 1. The van der Waals surface area contributed by atoms with Gasteiger partial charge in [-0.2, -0.15) is 0 Å². The molecule has 0 heterocycles. The number of para-hydroxylation sites is 1. The third-order valence-corrected chi connectivity index (χ3v) is 5.08. The van der Waals surface area contributed by atoms with Crippen LogP contribution in [0.25, 0.3) is 0 Å². The molecule has 1 aromatic rings. The van der Waals surface area contributed by atoms with Crippen LogP contribution in [0.4, 0.5) is 0 Å². The van der Waals surface area contributed by atoms with Gasteiger partial charge in [-0.1, -0.05) is 31.5 Å². The number of hydrogen-bond donors (Lipinski definition) is 2. The van der Waals surface area contributed by atoms with E-state index >= 15 is 0 Å². The minimum Gasteiger partial charge on any atom is -0.486 e. The van der Waals surface area contributed by atoms with Crippen LogP contribution >= 0.6 is 0 Å². The molecule has 0 aromatic heterocycles. The number of carbonyl (C=O) groups is 2. The Bertz CT molecular complexity index is 702. The van der Waals surface area contributed by atoms with E-state index in [1.54, 1.807) is 11.9 Å². The smallest absolute Gasteiger partial charge is 0.246 e. The van der Waals surface area contributed by atoms with Crippen LogP contribution in [-0.2, 0) is 9.59 Å². The second kappa shape index (κ2) is 10.9. The number of unbranched alkanes of at least 4 members (excludes halogenated alkanes) is 1. The highest BCUT2D eigenvalue weighted by Crippen LogP contribution is 2.28. The Labute approximate surface area is 167 Å². The van der Waals surface area contributed by atoms with E-state index in [0.29, 0.717) is 24.8 Å². The highest BCUT2D eigenvalue weighted by atomic mass is 16.5. The second-order valence-corrected chi connectivity index (χ2v) is 7.20. The molecule has 2 unspecified atom stereocenters. The molecule has 2 rings (SSSR count). The SMILES string of the molecule is CCCCC(=O)N(CCO)C1CC(C(=O)NC)=CC(Oc2ccccc2C)C1. The minimum absolute atomic E-state index is 0.0219. The summed E-state index contributed by atoms with van der Waals surface area (Å²) in [5.74, 6) is 0.633. The molecule has 6 heteroatoms. The van der Waals surface area contributed by atoms with Gasteiger partial charge in [0.25, 0.3) is 0 Å². The molecule has 0 aliphatic heterocycles. The summed E-state index contributed by atoms with van der Waals surface area (Å²) in [6.07, 6.45) is 4.80. The highest BCUT2D eigenvalue weighted by Gasteiger charge is 2.32. The summed E-state index contributed by atoms with van der Waals surface area (Å²) in [6.45, 7) is 4.19. The molecule has 0 bridgehead atoms. The number of aliphatic hydroxyl groups is 1. The van der Waals surface area contributed by atoms with Gasteiger partial charge in [-0.05, 0) is 37.5 Å². The predicted octanol–water partition coefficient (Wildman–Crippen LogP) is 2.59. The van der Waals surface area contributed by atoms with Crippen LogP contribution in [0.2, 0.25) is 0 Å². The quantitative estimate of drug-likeness (QED) is 0.682. The van der Waals surface area contributed by atoms with Crippen molar-refractivity contribution in [3.05, 3.63) is 41.5 Å². The fraction of sp³-hybridized carbons (Fsp3) is 0.545. The largest absolute Gasteiger partial charge is 0.486 e. The fourth-order valence-corrected chi connectivity index (χ4v) is 3.56. The summed E-state index contributed by atoms with van der Waals surface area (Å²) < 4.78 is 6.17. The van der Waals surface area contributed by atoms with Crippen LogP contribution in [0.5, 0.6) is 5.75 Å². The Morgan fingerprint density at radius 3 is 2.71 bits per heavy atom. The highest BCUT2D eigenvalue weighted by molar-refractivity contribution is 5.93. The lowest BCUT2D eigenvalue weighted by Crippen LogP contribution is -2.47. The molecule has 0 saturated carbocycles. The molecule has 0 saturated heterocycles. The van der Waals surface area contributed by atoms with Gasteiger partial charge < -0.3 is 20.1 Å². The summed E-state index contributed by atoms with van der Waals surface area (Å²) in [6, 6.07) is 7.57. The Balaban J connectivity index is 2.24. The van der Waals surface area contributed by atoms with Crippen LogP contribution in [0.3, 0.4) is 0 Å². The van der Waals surface area contributed by atoms with Crippen molar-refractivity contribution in [1.82, 2.24) is 10.2 Å². The van der Waals surface area contributed by atoms with Crippen molar-refractivity contribution in [3.63, 3.8) is 0 Å². The van der Waals surface area contributed by atoms with Crippen LogP contribution in [0.1, 0.15) is 44.6 Å². The van der Waals surface area contributed by atoms with Crippen molar-refractivity contribution in [2.75, 3.05) is 20.2 Å². The molecular formula is C22H32N2O4. The first-order chi connectivity index (χ1) is 13.5. The number of carbonyl (C=O) groups excluding carboxylic acids is 2. The van der Waals surface area contributed by atoms with E-state index in [9.17, 15) is 14.7 Å². The zero-order valence-electron chi connectivity index (χ0n) is 17.1.